The summed E-state index contributed by atoms with van der Waals surface area (Å²) in [5.41, 5.74) is 5.08. The molecule has 0 heterocycles. The standard InChI is InChI=1S/C17H18O2/c1-12-8-13(2)17(14(3)9-12)19-11-16-7-5-4-6-15(16)10-18/h4-10H,11H2,1-3H3. The summed E-state index contributed by atoms with van der Waals surface area (Å²) in [7, 11) is 0. The Bertz CT molecular complexity index is 577. The van der Waals surface area contributed by atoms with Gasteiger partial charge < -0.3 is 4.74 Å². The highest BCUT2D eigenvalue weighted by atomic mass is 16.5. The van der Waals surface area contributed by atoms with E-state index in [9.17, 15) is 4.79 Å². The molecule has 0 bridgehead atoms. The van der Waals surface area contributed by atoms with E-state index in [4.69, 9.17) is 4.74 Å². The van der Waals surface area contributed by atoms with Crippen LogP contribution in [0.5, 0.6) is 5.75 Å². The Kier molecular flexibility index (Phi) is 4.00. The molecule has 2 aromatic rings. The van der Waals surface area contributed by atoms with E-state index < -0.39 is 0 Å². The normalized spacial score (nSPS) is 10.3. The van der Waals surface area contributed by atoms with Crippen LogP contribution in [0.25, 0.3) is 0 Å². The highest BCUT2D eigenvalue weighted by molar-refractivity contribution is 5.77. The van der Waals surface area contributed by atoms with Crippen LogP contribution in [-0.2, 0) is 6.61 Å². The van der Waals surface area contributed by atoms with E-state index >= 15 is 0 Å². The van der Waals surface area contributed by atoms with E-state index in [1.165, 1.54) is 5.56 Å². The van der Waals surface area contributed by atoms with Crippen LogP contribution < -0.4 is 4.74 Å². The molecule has 0 unspecified atom stereocenters. The van der Waals surface area contributed by atoms with E-state index in [1.54, 1.807) is 6.07 Å². The van der Waals surface area contributed by atoms with Crippen LogP contribution in [0.3, 0.4) is 0 Å². The van der Waals surface area contributed by atoms with Crippen molar-refractivity contribution in [1.29, 1.82) is 0 Å². The quantitative estimate of drug-likeness (QED) is 0.771. The second-order valence-corrected chi connectivity index (χ2v) is 4.83. The minimum Gasteiger partial charge on any atom is -0.488 e. The second-order valence-electron chi connectivity index (χ2n) is 4.83. The van der Waals surface area contributed by atoms with Crippen molar-refractivity contribution in [1.82, 2.24) is 0 Å². The van der Waals surface area contributed by atoms with Crippen molar-refractivity contribution in [3.63, 3.8) is 0 Å². The van der Waals surface area contributed by atoms with Gasteiger partial charge in [-0.25, -0.2) is 0 Å². The molecule has 0 aliphatic heterocycles. The fraction of sp³-hybridized carbons (Fsp3) is 0.235. The Hall–Kier alpha value is -2.09. The Balaban J connectivity index is 2.21. The molecule has 0 N–H and O–H groups in total. The van der Waals surface area contributed by atoms with Crippen LogP contribution in [0.15, 0.2) is 36.4 Å². The molecule has 2 nitrogen and oxygen atoms in total. The predicted molar refractivity (Wildman–Crippen MR) is 76.8 cm³/mol. The summed E-state index contributed by atoms with van der Waals surface area (Å²) in [5, 5.41) is 0. The van der Waals surface area contributed by atoms with Gasteiger partial charge in [0.25, 0.3) is 0 Å². The van der Waals surface area contributed by atoms with Crippen molar-refractivity contribution in [3.8, 4) is 5.75 Å². The van der Waals surface area contributed by atoms with Crippen molar-refractivity contribution in [2.24, 2.45) is 0 Å². The fourth-order valence-corrected chi connectivity index (χ4v) is 2.32. The zero-order valence-corrected chi connectivity index (χ0v) is 11.6. The molecule has 0 aromatic heterocycles. The predicted octanol–water partition coefficient (Wildman–Crippen LogP) is 4.00. The number of hydrogen-bond donors (Lipinski definition) is 0. The highest BCUT2D eigenvalue weighted by Gasteiger charge is 2.07. The van der Waals surface area contributed by atoms with Crippen molar-refractivity contribution < 1.29 is 9.53 Å². The molecule has 0 saturated carbocycles. The van der Waals surface area contributed by atoms with Gasteiger partial charge in [-0.05, 0) is 37.5 Å². The Morgan fingerprint density at radius 1 is 1.05 bits per heavy atom. The minimum atomic E-state index is 0.416. The van der Waals surface area contributed by atoms with Crippen molar-refractivity contribution in [3.05, 3.63) is 64.2 Å². The molecule has 2 rings (SSSR count). The molecule has 0 spiro atoms. The smallest absolute Gasteiger partial charge is 0.150 e. The number of rotatable bonds is 4. The van der Waals surface area contributed by atoms with Crippen molar-refractivity contribution in [2.45, 2.75) is 27.4 Å². The zero-order valence-electron chi connectivity index (χ0n) is 11.6. The lowest BCUT2D eigenvalue weighted by Crippen LogP contribution is -2.02. The molecule has 0 atom stereocenters. The average Bonchev–Trinajstić information content (AvgIpc) is 2.38. The summed E-state index contributed by atoms with van der Waals surface area (Å²) in [6.45, 7) is 6.58. The first-order chi connectivity index (χ1) is 9.11. The number of carbonyl (C=O) groups excluding carboxylic acids is 1. The topological polar surface area (TPSA) is 26.3 Å². The lowest BCUT2D eigenvalue weighted by molar-refractivity contribution is 0.112. The first-order valence-electron chi connectivity index (χ1n) is 6.35. The zero-order chi connectivity index (χ0) is 13.8. The van der Waals surface area contributed by atoms with E-state index in [-0.39, 0.29) is 0 Å². The van der Waals surface area contributed by atoms with Crippen molar-refractivity contribution >= 4 is 6.29 Å². The Labute approximate surface area is 114 Å². The molecule has 0 amide bonds. The molecular formula is C17H18O2. The summed E-state index contributed by atoms with van der Waals surface area (Å²) < 4.78 is 5.89. The largest absolute Gasteiger partial charge is 0.488 e. The number of aldehydes is 1. The van der Waals surface area contributed by atoms with E-state index in [0.29, 0.717) is 12.2 Å². The van der Waals surface area contributed by atoms with Crippen LogP contribution in [0.2, 0.25) is 0 Å². The first kappa shape index (κ1) is 13.3. The molecule has 19 heavy (non-hydrogen) atoms. The van der Waals surface area contributed by atoms with Crippen LogP contribution >= 0.6 is 0 Å². The molecule has 0 radical (unpaired) electrons. The molecule has 0 saturated heterocycles. The van der Waals surface area contributed by atoms with Crippen LogP contribution in [-0.4, -0.2) is 6.29 Å². The maximum atomic E-state index is 11.0. The van der Waals surface area contributed by atoms with Gasteiger partial charge in [-0.2, -0.15) is 0 Å². The van der Waals surface area contributed by atoms with E-state index in [1.807, 2.05) is 32.0 Å². The van der Waals surface area contributed by atoms with Crippen LogP contribution in [0.4, 0.5) is 0 Å². The first-order valence-corrected chi connectivity index (χ1v) is 6.35. The number of ether oxygens (including phenoxy) is 1. The summed E-state index contributed by atoms with van der Waals surface area (Å²) in [6, 6.07) is 11.7. The lowest BCUT2D eigenvalue weighted by atomic mass is 10.1. The van der Waals surface area contributed by atoms with E-state index in [0.717, 1.165) is 28.7 Å². The van der Waals surface area contributed by atoms with Crippen molar-refractivity contribution in [2.75, 3.05) is 0 Å². The van der Waals surface area contributed by atoms with Gasteiger partial charge in [0.1, 0.15) is 18.6 Å². The monoisotopic (exact) mass is 254 g/mol. The Morgan fingerprint density at radius 3 is 2.32 bits per heavy atom. The fourth-order valence-electron chi connectivity index (χ4n) is 2.32. The third-order valence-electron chi connectivity index (χ3n) is 3.16. The van der Waals surface area contributed by atoms with Crippen LogP contribution in [0.1, 0.15) is 32.6 Å². The summed E-state index contributed by atoms with van der Waals surface area (Å²) in [6.07, 6.45) is 0.869. The molecular weight excluding hydrogens is 236 g/mol. The lowest BCUT2D eigenvalue weighted by Gasteiger charge is -2.14. The van der Waals surface area contributed by atoms with E-state index in [2.05, 4.69) is 19.1 Å². The molecule has 2 aromatic carbocycles. The molecule has 0 aliphatic rings. The maximum Gasteiger partial charge on any atom is 0.150 e. The van der Waals surface area contributed by atoms with Gasteiger partial charge in [0.2, 0.25) is 0 Å². The Morgan fingerprint density at radius 2 is 1.68 bits per heavy atom. The van der Waals surface area contributed by atoms with Crippen LogP contribution in [0, 0.1) is 20.8 Å². The highest BCUT2D eigenvalue weighted by Crippen LogP contribution is 2.25. The maximum absolute atomic E-state index is 11.0. The summed E-state index contributed by atoms with van der Waals surface area (Å²) in [5.74, 6) is 0.909. The van der Waals surface area contributed by atoms with Gasteiger partial charge >= 0.3 is 0 Å². The van der Waals surface area contributed by atoms with Gasteiger partial charge in [0.15, 0.2) is 0 Å². The third-order valence-corrected chi connectivity index (χ3v) is 3.16. The summed E-state index contributed by atoms with van der Waals surface area (Å²) >= 11 is 0. The van der Waals surface area contributed by atoms with Gasteiger partial charge in [0.05, 0.1) is 0 Å². The second kappa shape index (κ2) is 5.70. The average molecular weight is 254 g/mol. The summed E-state index contributed by atoms with van der Waals surface area (Å²) in [4.78, 5) is 11.0. The molecule has 98 valence electrons. The molecule has 0 aliphatic carbocycles. The minimum absolute atomic E-state index is 0.416. The van der Waals surface area contributed by atoms with Gasteiger partial charge in [-0.15, -0.1) is 0 Å². The number of carbonyl (C=O) groups is 1. The third kappa shape index (κ3) is 3.02. The molecule has 0 fully saturated rings. The number of hydrogen-bond acceptors (Lipinski definition) is 2. The van der Waals surface area contributed by atoms with Gasteiger partial charge in [-0.1, -0.05) is 42.0 Å². The number of benzene rings is 2. The SMILES string of the molecule is Cc1cc(C)c(OCc2ccccc2C=O)c(C)c1. The molecule has 2 heteroatoms. The van der Waals surface area contributed by atoms with Gasteiger partial charge in [0, 0.05) is 5.56 Å². The number of aryl methyl sites for hydroxylation is 3. The van der Waals surface area contributed by atoms with Gasteiger partial charge in [-0.3, -0.25) is 4.79 Å².